The first-order chi connectivity index (χ1) is 16.1. The van der Waals surface area contributed by atoms with Gasteiger partial charge in [0, 0.05) is 48.4 Å². The quantitative estimate of drug-likeness (QED) is 0.625. The minimum absolute atomic E-state index is 0.141. The average molecular weight is 470 g/mol. The number of amides is 3. The molecule has 0 aliphatic carbocycles. The molecule has 8 nitrogen and oxygen atoms in total. The van der Waals surface area contributed by atoms with Crippen LogP contribution in [0.1, 0.15) is 44.8 Å². The zero-order valence-corrected chi connectivity index (χ0v) is 19.2. The smallest absolute Gasteiger partial charge is 0.256 e. The van der Waals surface area contributed by atoms with Crippen LogP contribution in [0.4, 0.5) is 0 Å². The van der Waals surface area contributed by atoms with E-state index in [2.05, 4.69) is 34.5 Å². The van der Waals surface area contributed by atoms with Crippen LogP contribution >= 0.6 is 11.3 Å². The van der Waals surface area contributed by atoms with Gasteiger partial charge in [0.15, 0.2) is 0 Å². The van der Waals surface area contributed by atoms with E-state index in [-0.39, 0.29) is 24.1 Å². The number of nitrogens with one attached hydrogen (secondary N) is 1. The van der Waals surface area contributed by atoms with Crippen LogP contribution in [-0.2, 0) is 45.4 Å². The van der Waals surface area contributed by atoms with Crippen LogP contribution in [0.3, 0.4) is 0 Å². The molecule has 1 N–H and O–H groups in total. The SMILES string of the molecule is O=C1CC[C@H](N2Cc3c(csc3COCc3ccc(CN4CCOCC4)cc3)C2=O)C(=O)N1. The predicted molar refractivity (Wildman–Crippen MR) is 121 cm³/mol. The lowest BCUT2D eigenvalue weighted by Crippen LogP contribution is -2.52. The van der Waals surface area contributed by atoms with E-state index >= 15 is 0 Å². The normalized spacial score (nSPS) is 21.4. The standard InChI is InChI=1S/C24H27N3O5S/c28-22-6-5-20(23(29)25-22)27-12-18-19(24(27)30)15-33-21(18)14-32-13-17-3-1-16(2-4-17)11-26-7-9-31-10-8-26/h1-4,15,20H,5-14H2,(H,25,28,29)/t20-/m0/s1. The highest BCUT2D eigenvalue weighted by Gasteiger charge is 2.40. The first kappa shape index (κ1) is 22.2. The molecule has 174 valence electrons. The summed E-state index contributed by atoms with van der Waals surface area (Å²) in [5.41, 5.74) is 3.98. The van der Waals surface area contributed by atoms with E-state index in [1.54, 1.807) is 4.90 Å². The number of hydrogen-bond donors (Lipinski definition) is 1. The zero-order valence-electron chi connectivity index (χ0n) is 18.4. The Kier molecular flexibility index (Phi) is 6.55. The molecule has 9 heteroatoms. The van der Waals surface area contributed by atoms with Crippen molar-refractivity contribution < 1.29 is 23.9 Å². The van der Waals surface area contributed by atoms with Gasteiger partial charge in [0.05, 0.1) is 32.0 Å². The van der Waals surface area contributed by atoms with E-state index in [1.165, 1.54) is 16.9 Å². The van der Waals surface area contributed by atoms with E-state index < -0.39 is 6.04 Å². The summed E-state index contributed by atoms with van der Waals surface area (Å²) in [5.74, 6) is -0.804. The van der Waals surface area contributed by atoms with E-state index in [1.807, 2.05) is 5.38 Å². The maximum Gasteiger partial charge on any atom is 0.256 e. The third-order valence-electron chi connectivity index (χ3n) is 6.42. The Morgan fingerprint density at radius 2 is 1.82 bits per heavy atom. The molecular formula is C24H27N3O5S. The Morgan fingerprint density at radius 1 is 1.06 bits per heavy atom. The van der Waals surface area contributed by atoms with E-state index in [0.717, 1.165) is 48.9 Å². The average Bonchev–Trinajstić information content (AvgIpc) is 3.36. The fourth-order valence-corrected chi connectivity index (χ4v) is 5.52. The van der Waals surface area contributed by atoms with Gasteiger partial charge in [-0.05, 0) is 17.5 Å². The fraction of sp³-hybridized carbons (Fsp3) is 0.458. The van der Waals surface area contributed by atoms with Crippen LogP contribution in [0.5, 0.6) is 0 Å². The van der Waals surface area contributed by atoms with Crippen molar-refractivity contribution in [3.8, 4) is 0 Å². The number of carbonyl (C=O) groups excluding carboxylic acids is 3. The second kappa shape index (κ2) is 9.72. The molecule has 3 amide bonds. The lowest BCUT2D eigenvalue weighted by molar-refractivity contribution is -0.136. The van der Waals surface area contributed by atoms with Gasteiger partial charge in [-0.3, -0.25) is 24.6 Å². The Morgan fingerprint density at radius 3 is 2.58 bits per heavy atom. The van der Waals surface area contributed by atoms with Crippen molar-refractivity contribution in [2.24, 2.45) is 0 Å². The second-order valence-electron chi connectivity index (χ2n) is 8.65. The highest BCUT2D eigenvalue weighted by atomic mass is 32.1. The van der Waals surface area contributed by atoms with Crippen LogP contribution in [0.2, 0.25) is 0 Å². The number of morpholine rings is 1. The molecule has 0 unspecified atom stereocenters. The molecule has 0 saturated carbocycles. The molecular weight excluding hydrogens is 442 g/mol. The molecule has 0 spiro atoms. The number of ether oxygens (including phenoxy) is 2. The summed E-state index contributed by atoms with van der Waals surface area (Å²) >= 11 is 1.52. The predicted octanol–water partition coefficient (Wildman–Crippen LogP) is 2.06. The summed E-state index contributed by atoms with van der Waals surface area (Å²) in [6, 6.07) is 7.91. The lowest BCUT2D eigenvalue weighted by atomic mass is 10.0. The summed E-state index contributed by atoms with van der Waals surface area (Å²) in [6.07, 6.45) is 0.631. The summed E-state index contributed by atoms with van der Waals surface area (Å²) in [4.78, 5) is 41.4. The minimum atomic E-state index is -0.586. The van der Waals surface area contributed by atoms with E-state index in [9.17, 15) is 14.4 Å². The number of piperidine rings is 1. The van der Waals surface area contributed by atoms with Crippen molar-refractivity contribution >= 4 is 29.1 Å². The topological polar surface area (TPSA) is 88.2 Å². The van der Waals surface area contributed by atoms with Crippen molar-refractivity contribution in [2.75, 3.05) is 26.3 Å². The Hall–Kier alpha value is -2.59. The zero-order chi connectivity index (χ0) is 22.8. The molecule has 33 heavy (non-hydrogen) atoms. The summed E-state index contributed by atoms with van der Waals surface area (Å²) in [5, 5.41) is 4.19. The fourth-order valence-electron chi connectivity index (χ4n) is 4.54. The number of nitrogens with zero attached hydrogens (tertiary/aromatic N) is 2. The molecule has 2 saturated heterocycles. The molecule has 4 heterocycles. The third kappa shape index (κ3) is 4.86. The maximum absolute atomic E-state index is 12.8. The number of carbonyl (C=O) groups is 3. The molecule has 2 aromatic rings. The van der Waals surface area contributed by atoms with Crippen molar-refractivity contribution in [3.05, 3.63) is 56.8 Å². The highest BCUT2D eigenvalue weighted by Crippen LogP contribution is 2.34. The maximum atomic E-state index is 12.8. The molecule has 1 aromatic carbocycles. The van der Waals surface area contributed by atoms with Crippen LogP contribution in [0.15, 0.2) is 29.6 Å². The van der Waals surface area contributed by atoms with Gasteiger partial charge in [-0.1, -0.05) is 24.3 Å². The number of hydrogen-bond acceptors (Lipinski definition) is 7. The van der Waals surface area contributed by atoms with Crippen molar-refractivity contribution in [1.82, 2.24) is 15.1 Å². The molecule has 3 aliphatic heterocycles. The number of benzene rings is 1. The lowest BCUT2D eigenvalue weighted by Gasteiger charge is -2.29. The number of thiophene rings is 1. The van der Waals surface area contributed by atoms with Crippen LogP contribution in [-0.4, -0.2) is 59.9 Å². The summed E-state index contributed by atoms with van der Waals surface area (Å²) in [6.45, 7) is 5.78. The van der Waals surface area contributed by atoms with Crippen molar-refractivity contribution in [1.29, 1.82) is 0 Å². The summed E-state index contributed by atoms with van der Waals surface area (Å²) in [7, 11) is 0. The monoisotopic (exact) mass is 469 g/mol. The van der Waals surface area contributed by atoms with Crippen LogP contribution in [0, 0.1) is 0 Å². The van der Waals surface area contributed by atoms with Gasteiger partial charge in [-0.15, -0.1) is 11.3 Å². The van der Waals surface area contributed by atoms with Gasteiger partial charge in [0.25, 0.3) is 5.91 Å². The number of imide groups is 1. The largest absolute Gasteiger partial charge is 0.379 e. The molecule has 0 radical (unpaired) electrons. The van der Waals surface area contributed by atoms with Crippen LogP contribution in [0.25, 0.3) is 0 Å². The molecule has 3 aliphatic rings. The van der Waals surface area contributed by atoms with Gasteiger partial charge < -0.3 is 14.4 Å². The van der Waals surface area contributed by atoms with Gasteiger partial charge in [0.2, 0.25) is 11.8 Å². The molecule has 1 atom stereocenters. The van der Waals surface area contributed by atoms with Gasteiger partial charge in [-0.2, -0.15) is 0 Å². The Labute approximate surface area is 196 Å². The third-order valence-corrected chi connectivity index (χ3v) is 7.42. The molecule has 5 rings (SSSR count). The van der Waals surface area contributed by atoms with Crippen molar-refractivity contribution in [2.45, 2.75) is 45.2 Å². The first-order valence-electron chi connectivity index (χ1n) is 11.3. The first-order valence-corrected chi connectivity index (χ1v) is 12.2. The van der Waals surface area contributed by atoms with Gasteiger partial charge in [0.1, 0.15) is 6.04 Å². The van der Waals surface area contributed by atoms with E-state index in [4.69, 9.17) is 9.47 Å². The van der Waals surface area contributed by atoms with Gasteiger partial charge >= 0.3 is 0 Å². The Balaban J connectivity index is 1.14. The molecule has 0 bridgehead atoms. The summed E-state index contributed by atoms with van der Waals surface area (Å²) < 4.78 is 11.4. The minimum Gasteiger partial charge on any atom is -0.379 e. The highest BCUT2D eigenvalue weighted by molar-refractivity contribution is 7.10. The Bertz CT molecular complexity index is 1040. The van der Waals surface area contributed by atoms with Crippen molar-refractivity contribution in [3.63, 3.8) is 0 Å². The molecule has 2 fully saturated rings. The number of rotatable bonds is 7. The van der Waals surface area contributed by atoms with Crippen LogP contribution < -0.4 is 5.32 Å². The van der Waals surface area contributed by atoms with Gasteiger partial charge in [-0.25, -0.2) is 0 Å². The van der Waals surface area contributed by atoms with E-state index in [0.29, 0.717) is 31.7 Å². The second-order valence-corrected chi connectivity index (χ2v) is 9.61. The molecule has 1 aromatic heterocycles. The number of fused-ring (bicyclic) bond motifs is 1.